The Bertz CT molecular complexity index is 705. The summed E-state index contributed by atoms with van der Waals surface area (Å²) in [4.78, 5) is 14.5. The number of hydrogen-bond acceptors (Lipinski definition) is 3. The largest absolute Gasteiger partial charge is 0.381 e. The smallest absolute Gasteiger partial charge is 0.222 e. The van der Waals surface area contributed by atoms with Crippen molar-refractivity contribution in [1.82, 2.24) is 15.1 Å². The number of aryl methyl sites for hydroxylation is 1. The molecular formula is C20H26FN3O2. The molecule has 1 aliphatic rings. The van der Waals surface area contributed by atoms with Crippen molar-refractivity contribution in [2.24, 2.45) is 5.92 Å². The van der Waals surface area contributed by atoms with E-state index in [0.717, 1.165) is 43.4 Å². The average Bonchev–Trinajstić information content (AvgIpc) is 3.15. The fraction of sp³-hybridized carbons (Fsp3) is 0.500. The molecule has 5 nitrogen and oxygen atoms in total. The van der Waals surface area contributed by atoms with Crippen molar-refractivity contribution in [3.63, 3.8) is 0 Å². The molecule has 0 bridgehead atoms. The third-order valence-electron chi connectivity index (χ3n) is 5.12. The summed E-state index contributed by atoms with van der Waals surface area (Å²) in [6.45, 7) is 1.39. The van der Waals surface area contributed by atoms with E-state index in [1.54, 1.807) is 25.4 Å². The van der Waals surface area contributed by atoms with Crippen molar-refractivity contribution in [3.8, 4) is 0 Å². The summed E-state index contributed by atoms with van der Waals surface area (Å²) in [5.74, 6) is 0.153. The molecule has 1 amide bonds. The third kappa shape index (κ3) is 4.91. The predicted octanol–water partition coefficient (Wildman–Crippen LogP) is 2.98. The van der Waals surface area contributed by atoms with E-state index in [4.69, 9.17) is 4.74 Å². The van der Waals surface area contributed by atoms with Crippen molar-refractivity contribution >= 4 is 5.91 Å². The van der Waals surface area contributed by atoms with E-state index in [2.05, 4.69) is 10.2 Å². The Morgan fingerprint density at radius 3 is 3.04 bits per heavy atom. The Morgan fingerprint density at radius 2 is 2.31 bits per heavy atom. The highest BCUT2D eigenvalue weighted by Crippen LogP contribution is 2.24. The summed E-state index contributed by atoms with van der Waals surface area (Å²) in [5.41, 5.74) is 2.08. The molecule has 1 aromatic heterocycles. The van der Waals surface area contributed by atoms with E-state index in [0.29, 0.717) is 13.0 Å². The zero-order valence-electron chi connectivity index (χ0n) is 15.2. The van der Waals surface area contributed by atoms with E-state index < -0.39 is 0 Å². The molecule has 0 aliphatic carbocycles. The van der Waals surface area contributed by atoms with E-state index in [9.17, 15) is 9.18 Å². The van der Waals surface area contributed by atoms with Gasteiger partial charge in [-0.25, -0.2) is 4.39 Å². The minimum absolute atomic E-state index is 0.105. The van der Waals surface area contributed by atoms with Crippen molar-refractivity contribution in [1.29, 1.82) is 0 Å². The molecule has 0 saturated carbocycles. The number of nitrogens with zero attached hydrogens (tertiary/aromatic N) is 2. The van der Waals surface area contributed by atoms with Crippen LogP contribution < -0.4 is 0 Å². The molecule has 0 unspecified atom stereocenters. The monoisotopic (exact) mass is 359 g/mol. The molecule has 0 spiro atoms. The summed E-state index contributed by atoms with van der Waals surface area (Å²) >= 11 is 0. The number of piperidine rings is 1. The first kappa shape index (κ1) is 18.6. The minimum Gasteiger partial charge on any atom is -0.381 e. The highest BCUT2D eigenvalue weighted by atomic mass is 19.1. The molecule has 2 atom stereocenters. The van der Waals surface area contributed by atoms with E-state index in [-0.39, 0.29) is 23.7 Å². The summed E-state index contributed by atoms with van der Waals surface area (Å²) in [5, 5.41) is 6.71. The number of ether oxygens (including phenoxy) is 1. The van der Waals surface area contributed by atoms with Gasteiger partial charge in [0.2, 0.25) is 5.91 Å². The van der Waals surface area contributed by atoms with Gasteiger partial charge in [-0.2, -0.15) is 5.10 Å². The van der Waals surface area contributed by atoms with Crippen LogP contribution in [-0.2, 0) is 22.4 Å². The van der Waals surface area contributed by atoms with Gasteiger partial charge in [-0.1, -0.05) is 12.1 Å². The lowest BCUT2D eigenvalue weighted by atomic mass is 9.88. The van der Waals surface area contributed by atoms with E-state index in [1.165, 1.54) is 6.07 Å². The lowest BCUT2D eigenvalue weighted by Crippen LogP contribution is -2.47. The Hall–Kier alpha value is -2.21. The van der Waals surface area contributed by atoms with Gasteiger partial charge in [0.1, 0.15) is 5.82 Å². The zero-order chi connectivity index (χ0) is 18.4. The maximum atomic E-state index is 13.5. The molecular weight excluding hydrogens is 333 g/mol. The maximum absolute atomic E-state index is 13.5. The van der Waals surface area contributed by atoms with Gasteiger partial charge < -0.3 is 9.64 Å². The number of H-pyrrole nitrogens is 1. The van der Waals surface area contributed by atoms with Crippen molar-refractivity contribution in [2.45, 2.75) is 38.2 Å². The molecule has 6 heteroatoms. The number of aromatic nitrogens is 2. The molecule has 1 aromatic carbocycles. The molecule has 2 heterocycles. The molecule has 1 aliphatic heterocycles. The van der Waals surface area contributed by atoms with Crippen LogP contribution in [0.25, 0.3) is 0 Å². The number of nitrogens with one attached hydrogen (secondary N) is 1. The molecule has 0 radical (unpaired) electrons. The van der Waals surface area contributed by atoms with Gasteiger partial charge in [-0.15, -0.1) is 0 Å². The van der Waals surface area contributed by atoms with Gasteiger partial charge in [0.05, 0.1) is 12.3 Å². The number of methoxy groups -OCH3 is 1. The lowest BCUT2D eigenvalue weighted by Gasteiger charge is -2.38. The quantitative estimate of drug-likeness (QED) is 0.827. The number of likely N-dealkylation sites (tertiary alicyclic amines) is 1. The second kappa shape index (κ2) is 8.94. The highest BCUT2D eigenvalue weighted by Gasteiger charge is 2.31. The Balaban J connectivity index is 1.54. The number of carbonyl (C=O) groups is 1. The SMILES string of the molecule is CO[C@@H]1CCN(C(=O)CCCc2cn[nH]c2)C[C@H]1Cc1cccc(F)c1. The van der Waals surface area contributed by atoms with Crippen LogP contribution in [0.2, 0.25) is 0 Å². The number of benzene rings is 1. The molecule has 1 saturated heterocycles. The Kier molecular flexibility index (Phi) is 6.39. The molecule has 2 aromatic rings. The van der Waals surface area contributed by atoms with Gasteiger partial charge in [0.25, 0.3) is 0 Å². The summed E-state index contributed by atoms with van der Waals surface area (Å²) in [6.07, 6.45) is 7.51. The van der Waals surface area contributed by atoms with E-state index in [1.807, 2.05) is 17.2 Å². The Labute approximate surface area is 153 Å². The number of hydrogen-bond donors (Lipinski definition) is 1. The molecule has 26 heavy (non-hydrogen) atoms. The second-order valence-electron chi connectivity index (χ2n) is 6.96. The van der Waals surface area contributed by atoms with Gasteiger partial charge in [-0.3, -0.25) is 9.89 Å². The van der Waals surface area contributed by atoms with Crippen LogP contribution in [0.3, 0.4) is 0 Å². The number of carbonyl (C=O) groups excluding carboxylic acids is 1. The van der Waals surface area contributed by atoms with Crippen LogP contribution >= 0.6 is 0 Å². The van der Waals surface area contributed by atoms with Gasteiger partial charge in [-0.05, 0) is 48.9 Å². The first-order valence-electron chi connectivity index (χ1n) is 9.18. The van der Waals surface area contributed by atoms with Crippen molar-refractivity contribution in [3.05, 3.63) is 53.6 Å². The number of halogens is 1. The van der Waals surface area contributed by atoms with Crippen LogP contribution in [0.15, 0.2) is 36.7 Å². The predicted molar refractivity (Wildman–Crippen MR) is 97.1 cm³/mol. The molecule has 1 N–H and O–H groups in total. The molecule has 140 valence electrons. The topological polar surface area (TPSA) is 58.2 Å². The fourth-order valence-corrected chi connectivity index (χ4v) is 3.73. The van der Waals surface area contributed by atoms with Crippen molar-refractivity contribution in [2.75, 3.05) is 20.2 Å². The molecule has 3 rings (SSSR count). The van der Waals surface area contributed by atoms with Crippen LogP contribution in [-0.4, -0.2) is 47.3 Å². The first-order valence-corrected chi connectivity index (χ1v) is 9.18. The van der Waals surface area contributed by atoms with E-state index >= 15 is 0 Å². The summed E-state index contributed by atoms with van der Waals surface area (Å²) in [7, 11) is 1.71. The molecule has 1 fully saturated rings. The fourth-order valence-electron chi connectivity index (χ4n) is 3.73. The normalized spacial score (nSPS) is 20.3. The van der Waals surface area contributed by atoms with Crippen LogP contribution in [0.4, 0.5) is 4.39 Å². The maximum Gasteiger partial charge on any atom is 0.222 e. The minimum atomic E-state index is -0.223. The summed E-state index contributed by atoms with van der Waals surface area (Å²) in [6, 6.07) is 6.68. The number of rotatable bonds is 7. The second-order valence-corrected chi connectivity index (χ2v) is 6.96. The average molecular weight is 359 g/mol. The lowest BCUT2D eigenvalue weighted by molar-refractivity contribution is -0.135. The number of amides is 1. The van der Waals surface area contributed by atoms with Gasteiger partial charge in [0, 0.05) is 38.7 Å². The zero-order valence-corrected chi connectivity index (χ0v) is 15.2. The van der Waals surface area contributed by atoms with Crippen molar-refractivity contribution < 1.29 is 13.9 Å². The van der Waals surface area contributed by atoms with Crippen LogP contribution in [0.5, 0.6) is 0 Å². The standard InChI is InChI=1S/C20H26FN3O2/c1-26-19-8-9-24(20(25)7-3-5-16-12-22-23-13-16)14-17(19)10-15-4-2-6-18(21)11-15/h2,4,6,11-13,17,19H,3,5,7-10,14H2,1H3,(H,22,23)/t17-,19-/m1/s1. The first-order chi connectivity index (χ1) is 12.7. The number of aromatic amines is 1. The highest BCUT2D eigenvalue weighted by molar-refractivity contribution is 5.76. The van der Waals surface area contributed by atoms with Gasteiger partial charge >= 0.3 is 0 Å². The van der Waals surface area contributed by atoms with Crippen LogP contribution in [0, 0.1) is 11.7 Å². The summed E-state index contributed by atoms with van der Waals surface area (Å²) < 4.78 is 19.1. The van der Waals surface area contributed by atoms with Crippen LogP contribution in [0.1, 0.15) is 30.4 Å². The Morgan fingerprint density at radius 1 is 1.42 bits per heavy atom. The third-order valence-corrected chi connectivity index (χ3v) is 5.12. The van der Waals surface area contributed by atoms with Gasteiger partial charge in [0.15, 0.2) is 0 Å².